The third-order valence-electron chi connectivity index (χ3n) is 4.92. The van der Waals surface area contributed by atoms with E-state index in [4.69, 9.17) is 9.47 Å². The number of carbonyl (C=O) groups excluding carboxylic acids is 2. The lowest BCUT2D eigenvalue weighted by atomic mass is 9.71. The smallest absolute Gasteiger partial charge is 0.410 e. The van der Waals surface area contributed by atoms with Crippen LogP contribution in [0.1, 0.15) is 46.5 Å². The largest absolute Gasteiger partial charge is 0.444 e. The first-order valence-electron chi connectivity index (χ1n) is 8.49. The quantitative estimate of drug-likeness (QED) is 0.781. The van der Waals surface area contributed by atoms with Crippen molar-refractivity contribution >= 4 is 12.0 Å². The number of hydrogen-bond donors (Lipinski definition) is 0. The zero-order chi connectivity index (χ0) is 17.1. The van der Waals surface area contributed by atoms with Crippen molar-refractivity contribution in [2.45, 2.75) is 52.1 Å². The predicted octanol–water partition coefficient (Wildman–Crippen LogP) is 2.27. The molecule has 0 N–H and O–H groups in total. The lowest BCUT2D eigenvalue weighted by Gasteiger charge is -2.46. The number of methoxy groups -OCH3 is 1. The van der Waals surface area contributed by atoms with E-state index in [1.807, 2.05) is 30.6 Å². The summed E-state index contributed by atoms with van der Waals surface area (Å²) >= 11 is 0. The molecule has 2 aliphatic heterocycles. The van der Waals surface area contributed by atoms with E-state index >= 15 is 0 Å². The summed E-state index contributed by atoms with van der Waals surface area (Å²) in [6, 6.07) is 0. The number of carbonyl (C=O) groups is 2. The maximum Gasteiger partial charge on any atom is 0.410 e. The molecule has 2 heterocycles. The van der Waals surface area contributed by atoms with Crippen LogP contribution in [0.25, 0.3) is 0 Å². The minimum Gasteiger partial charge on any atom is -0.444 e. The number of hydrogen-bond acceptors (Lipinski definition) is 4. The second-order valence-electron chi connectivity index (χ2n) is 7.78. The van der Waals surface area contributed by atoms with Crippen LogP contribution in [0.5, 0.6) is 0 Å². The average molecular weight is 326 g/mol. The Labute approximate surface area is 139 Å². The van der Waals surface area contributed by atoms with Gasteiger partial charge in [-0.25, -0.2) is 4.79 Å². The molecule has 0 bridgehead atoms. The van der Waals surface area contributed by atoms with Crippen molar-refractivity contribution in [1.82, 2.24) is 9.80 Å². The highest BCUT2D eigenvalue weighted by Gasteiger charge is 2.40. The molecule has 0 radical (unpaired) electrons. The number of ether oxygens (including phenoxy) is 2. The standard InChI is InChI=1S/C17H30N2O4/c1-16(2,3)23-15(21)19-11-7-17(8-12-19)5-9-18(10-6-17)14(20)13-22-4/h5-13H2,1-4H3. The molecule has 132 valence electrons. The first kappa shape index (κ1) is 18.0. The predicted molar refractivity (Wildman–Crippen MR) is 87.2 cm³/mol. The van der Waals surface area contributed by atoms with Crippen molar-refractivity contribution in [2.75, 3.05) is 39.9 Å². The van der Waals surface area contributed by atoms with Gasteiger partial charge in [-0.2, -0.15) is 0 Å². The lowest BCUT2D eigenvalue weighted by Crippen LogP contribution is -2.50. The molecule has 1 spiro atoms. The Kier molecular flexibility index (Phi) is 5.55. The van der Waals surface area contributed by atoms with Crippen molar-refractivity contribution < 1.29 is 19.1 Å². The van der Waals surface area contributed by atoms with Gasteiger partial charge in [-0.1, -0.05) is 0 Å². The van der Waals surface area contributed by atoms with E-state index in [1.165, 1.54) is 0 Å². The first-order chi connectivity index (χ1) is 10.7. The van der Waals surface area contributed by atoms with E-state index in [2.05, 4.69) is 0 Å². The van der Waals surface area contributed by atoms with Crippen LogP contribution in [0.4, 0.5) is 4.79 Å². The van der Waals surface area contributed by atoms with Gasteiger partial charge in [0.1, 0.15) is 12.2 Å². The molecule has 2 rings (SSSR count). The van der Waals surface area contributed by atoms with Crippen molar-refractivity contribution in [3.8, 4) is 0 Å². The molecule has 2 fully saturated rings. The Morgan fingerprint density at radius 2 is 1.43 bits per heavy atom. The maximum absolute atomic E-state index is 12.1. The van der Waals surface area contributed by atoms with E-state index < -0.39 is 5.60 Å². The van der Waals surface area contributed by atoms with E-state index in [0.29, 0.717) is 0 Å². The van der Waals surface area contributed by atoms with Gasteiger partial charge in [-0.05, 0) is 51.9 Å². The number of piperidine rings is 2. The fourth-order valence-electron chi connectivity index (χ4n) is 3.44. The van der Waals surface area contributed by atoms with Crippen molar-refractivity contribution in [3.63, 3.8) is 0 Å². The molecule has 0 aromatic heterocycles. The molecule has 0 aromatic carbocycles. The second-order valence-corrected chi connectivity index (χ2v) is 7.78. The van der Waals surface area contributed by atoms with Crippen LogP contribution in [0.2, 0.25) is 0 Å². The number of nitrogens with zero attached hydrogens (tertiary/aromatic N) is 2. The average Bonchev–Trinajstić information content (AvgIpc) is 2.47. The van der Waals surface area contributed by atoms with Crippen LogP contribution >= 0.6 is 0 Å². The number of amides is 2. The Morgan fingerprint density at radius 1 is 0.957 bits per heavy atom. The summed E-state index contributed by atoms with van der Waals surface area (Å²) in [6.07, 6.45) is 3.83. The van der Waals surface area contributed by atoms with E-state index in [-0.39, 0.29) is 24.0 Å². The van der Waals surface area contributed by atoms with Gasteiger partial charge >= 0.3 is 6.09 Å². The summed E-state index contributed by atoms with van der Waals surface area (Å²) in [4.78, 5) is 27.7. The molecule has 6 nitrogen and oxygen atoms in total. The second kappa shape index (κ2) is 7.07. The fourth-order valence-corrected chi connectivity index (χ4v) is 3.44. The Balaban J connectivity index is 1.81. The minimum atomic E-state index is -0.445. The molecule has 2 amide bonds. The Morgan fingerprint density at radius 3 is 1.87 bits per heavy atom. The molecular weight excluding hydrogens is 296 g/mol. The summed E-state index contributed by atoms with van der Waals surface area (Å²) in [6.45, 7) is 8.94. The minimum absolute atomic E-state index is 0.0774. The number of likely N-dealkylation sites (tertiary alicyclic amines) is 2. The third kappa shape index (κ3) is 4.83. The highest BCUT2D eigenvalue weighted by atomic mass is 16.6. The molecule has 0 unspecified atom stereocenters. The van der Waals surface area contributed by atoms with Gasteiger partial charge in [0.25, 0.3) is 0 Å². The monoisotopic (exact) mass is 326 g/mol. The molecule has 0 aromatic rings. The zero-order valence-electron chi connectivity index (χ0n) is 14.9. The summed E-state index contributed by atoms with van der Waals surface area (Å²) < 4.78 is 10.4. The summed E-state index contributed by atoms with van der Waals surface area (Å²) in [5.74, 6) is 0.0774. The van der Waals surface area contributed by atoms with Crippen LogP contribution in [0.3, 0.4) is 0 Å². The molecule has 2 saturated heterocycles. The van der Waals surface area contributed by atoms with Crippen molar-refractivity contribution in [3.05, 3.63) is 0 Å². The molecule has 2 aliphatic rings. The fraction of sp³-hybridized carbons (Fsp3) is 0.882. The van der Waals surface area contributed by atoms with Crippen LogP contribution in [-0.4, -0.2) is 67.3 Å². The highest BCUT2D eigenvalue weighted by molar-refractivity contribution is 5.77. The molecule has 23 heavy (non-hydrogen) atoms. The van der Waals surface area contributed by atoms with E-state index in [1.54, 1.807) is 7.11 Å². The van der Waals surface area contributed by atoms with Gasteiger partial charge < -0.3 is 19.3 Å². The summed E-state index contributed by atoms with van der Waals surface area (Å²) in [7, 11) is 1.55. The molecule has 0 saturated carbocycles. The first-order valence-corrected chi connectivity index (χ1v) is 8.49. The molecule has 0 atom stereocenters. The Bertz CT molecular complexity index is 426. The van der Waals surface area contributed by atoms with Gasteiger partial charge in [0.05, 0.1) is 0 Å². The van der Waals surface area contributed by atoms with Gasteiger partial charge in [0.2, 0.25) is 5.91 Å². The van der Waals surface area contributed by atoms with Gasteiger partial charge in [0, 0.05) is 33.3 Å². The molecular formula is C17H30N2O4. The van der Waals surface area contributed by atoms with Gasteiger partial charge in [0.15, 0.2) is 0 Å². The topological polar surface area (TPSA) is 59.1 Å². The zero-order valence-corrected chi connectivity index (χ0v) is 14.9. The van der Waals surface area contributed by atoms with Crippen LogP contribution in [0, 0.1) is 5.41 Å². The normalized spacial score (nSPS) is 21.4. The summed E-state index contributed by atoms with van der Waals surface area (Å²) in [5.41, 5.74) is -0.165. The lowest BCUT2D eigenvalue weighted by molar-refractivity contribution is -0.138. The van der Waals surface area contributed by atoms with E-state index in [9.17, 15) is 9.59 Å². The molecule has 0 aliphatic carbocycles. The SMILES string of the molecule is COCC(=O)N1CCC2(CC1)CCN(C(=O)OC(C)(C)C)CC2. The number of rotatable bonds is 2. The third-order valence-corrected chi connectivity index (χ3v) is 4.92. The maximum atomic E-state index is 12.1. The van der Waals surface area contributed by atoms with Crippen molar-refractivity contribution in [2.24, 2.45) is 5.41 Å². The van der Waals surface area contributed by atoms with Crippen LogP contribution < -0.4 is 0 Å². The molecule has 6 heteroatoms. The van der Waals surface area contributed by atoms with Gasteiger partial charge in [-0.15, -0.1) is 0 Å². The summed E-state index contributed by atoms with van der Waals surface area (Å²) in [5, 5.41) is 0. The Hall–Kier alpha value is -1.30. The highest BCUT2D eigenvalue weighted by Crippen LogP contribution is 2.41. The van der Waals surface area contributed by atoms with Crippen LogP contribution in [-0.2, 0) is 14.3 Å². The van der Waals surface area contributed by atoms with Crippen LogP contribution in [0.15, 0.2) is 0 Å². The van der Waals surface area contributed by atoms with Crippen molar-refractivity contribution in [1.29, 1.82) is 0 Å². The van der Waals surface area contributed by atoms with E-state index in [0.717, 1.165) is 51.9 Å². The van der Waals surface area contributed by atoms with Gasteiger partial charge in [-0.3, -0.25) is 4.79 Å².